The van der Waals surface area contributed by atoms with Crippen molar-refractivity contribution in [1.29, 1.82) is 0 Å². The molecule has 0 saturated carbocycles. The highest BCUT2D eigenvalue weighted by Gasteiger charge is 2.41. The van der Waals surface area contributed by atoms with Gasteiger partial charge in [0.25, 0.3) is 0 Å². The van der Waals surface area contributed by atoms with Gasteiger partial charge in [-0.2, -0.15) is 13.2 Å². The highest BCUT2D eigenvalue weighted by atomic mass is 19.4. The van der Waals surface area contributed by atoms with E-state index in [1.54, 1.807) is 18.2 Å². The molecule has 13 heteroatoms. The van der Waals surface area contributed by atoms with Crippen LogP contribution >= 0.6 is 0 Å². The molecule has 1 saturated heterocycles. The number of hydrogen-bond donors (Lipinski definition) is 1. The second-order valence-electron chi connectivity index (χ2n) is 11.7. The summed E-state index contributed by atoms with van der Waals surface area (Å²) in [5, 5.41) is 10.6. The molecule has 0 spiro atoms. The fourth-order valence-corrected chi connectivity index (χ4v) is 6.31. The molecule has 3 aromatic carbocycles. The predicted octanol–water partition coefficient (Wildman–Crippen LogP) is 6.82. The van der Waals surface area contributed by atoms with E-state index in [9.17, 15) is 23.1 Å². The Morgan fingerprint density at radius 2 is 1.76 bits per heavy atom. The lowest BCUT2D eigenvalue weighted by Crippen LogP contribution is -2.41. The summed E-state index contributed by atoms with van der Waals surface area (Å²) in [6.07, 6.45) is -5.53. The number of aliphatic hydroxyl groups is 1. The first-order valence-electron chi connectivity index (χ1n) is 14.7. The van der Waals surface area contributed by atoms with Crippen molar-refractivity contribution in [1.82, 2.24) is 0 Å². The summed E-state index contributed by atoms with van der Waals surface area (Å²) < 4.78 is 116. The fraction of sp³-hybridized carbons (Fsp3) is 0.424. The van der Waals surface area contributed by atoms with E-state index in [1.807, 2.05) is 0 Å². The molecule has 1 aliphatic carbocycles. The Balaban J connectivity index is 1.31. The van der Waals surface area contributed by atoms with Crippen LogP contribution in [0.1, 0.15) is 60.0 Å². The normalized spacial score (nSPS) is 20.1. The highest BCUT2D eigenvalue weighted by Crippen LogP contribution is 2.49. The Morgan fingerprint density at radius 1 is 1.04 bits per heavy atom. The molecule has 7 nitrogen and oxygen atoms in total. The van der Waals surface area contributed by atoms with Crippen molar-refractivity contribution < 1.29 is 59.9 Å². The molecule has 0 amide bonds. The number of ether oxygens (including phenoxy) is 5. The van der Waals surface area contributed by atoms with Gasteiger partial charge in [0, 0.05) is 49.2 Å². The van der Waals surface area contributed by atoms with Crippen LogP contribution in [-0.4, -0.2) is 50.2 Å². The first-order valence-corrected chi connectivity index (χ1v) is 14.7. The predicted molar refractivity (Wildman–Crippen MR) is 150 cm³/mol. The number of esters is 1. The maximum atomic E-state index is 15.4. The van der Waals surface area contributed by atoms with Crippen molar-refractivity contribution >= 4 is 5.97 Å². The van der Waals surface area contributed by atoms with Crippen molar-refractivity contribution in [3.63, 3.8) is 0 Å². The van der Waals surface area contributed by atoms with Gasteiger partial charge in [-0.3, -0.25) is 4.79 Å². The van der Waals surface area contributed by atoms with E-state index in [2.05, 4.69) is 0 Å². The van der Waals surface area contributed by atoms with Gasteiger partial charge in [-0.05, 0) is 53.8 Å². The lowest BCUT2D eigenvalue weighted by Gasteiger charge is -2.31. The molecule has 3 aromatic rings. The highest BCUT2D eigenvalue weighted by molar-refractivity contribution is 5.75. The van der Waals surface area contributed by atoms with Crippen LogP contribution in [0.2, 0.25) is 0 Å². The lowest BCUT2D eigenvalue weighted by atomic mass is 9.90. The number of methoxy groups -OCH3 is 1. The lowest BCUT2D eigenvalue weighted by molar-refractivity contribution is -0.141. The van der Waals surface area contributed by atoms with Crippen molar-refractivity contribution in [2.24, 2.45) is 0 Å². The second-order valence-corrected chi connectivity index (χ2v) is 11.7. The molecule has 46 heavy (non-hydrogen) atoms. The number of carbonyl (C=O) groups is 1. The summed E-state index contributed by atoms with van der Waals surface area (Å²) >= 11 is 0. The first-order chi connectivity index (χ1) is 21.9. The molecule has 246 valence electrons. The topological polar surface area (TPSA) is 83.5 Å². The zero-order valence-electron chi connectivity index (χ0n) is 24.6. The smallest absolute Gasteiger partial charge is 0.417 e. The molecule has 2 atom stereocenters. The largest absolute Gasteiger partial charge is 0.492 e. The molecule has 0 aromatic heterocycles. The van der Waals surface area contributed by atoms with E-state index < -0.39 is 70.3 Å². The quantitative estimate of drug-likeness (QED) is 0.211. The van der Waals surface area contributed by atoms with Gasteiger partial charge in [-0.25, -0.2) is 13.2 Å². The van der Waals surface area contributed by atoms with Gasteiger partial charge in [-0.1, -0.05) is 6.07 Å². The van der Waals surface area contributed by atoms with Gasteiger partial charge in [0.05, 0.1) is 25.7 Å². The maximum absolute atomic E-state index is 15.4. The summed E-state index contributed by atoms with van der Waals surface area (Å²) in [5.41, 5.74) is -3.21. The van der Waals surface area contributed by atoms with Crippen LogP contribution in [0.4, 0.5) is 26.3 Å². The van der Waals surface area contributed by atoms with Gasteiger partial charge >= 0.3 is 12.1 Å². The van der Waals surface area contributed by atoms with Crippen molar-refractivity contribution in [2.45, 2.75) is 55.9 Å². The third kappa shape index (κ3) is 6.22. The van der Waals surface area contributed by atoms with Gasteiger partial charge in [0.1, 0.15) is 35.6 Å². The van der Waals surface area contributed by atoms with Gasteiger partial charge in [0.15, 0.2) is 17.4 Å². The molecule has 2 aliphatic heterocycles. The Morgan fingerprint density at radius 3 is 2.43 bits per heavy atom. The molecular weight excluding hydrogens is 622 g/mol. The summed E-state index contributed by atoms with van der Waals surface area (Å²) in [6, 6.07) is 6.61. The monoisotopic (exact) mass is 652 g/mol. The van der Waals surface area contributed by atoms with Crippen molar-refractivity contribution in [3.05, 3.63) is 76.1 Å². The number of rotatable bonds is 8. The number of halogens is 6. The molecule has 2 heterocycles. The molecule has 2 unspecified atom stereocenters. The van der Waals surface area contributed by atoms with Crippen LogP contribution in [0.25, 0.3) is 11.1 Å². The Hall–Kier alpha value is -3.97. The summed E-state index contributed by atoms with van der Waals surface area (Å²) in [6.45, 7) is 0.275. The fourth-order valence-electron chi connectivity index (χ4n) is 6.31. The molecule has 1 fully saturated rings. The van der Waals surface area contributed by atoms with E-state index in [0.717, 1.165) is 5.56 Å². The number of carbonyl (C=O) groups excluding carboxylic acids is 1. The standard InChI is InChI=1S/C33H30F6O7/c1-42-28(40)12-18-15-44-27-13-19(2-3-20(18)27)46-26-5-4-21-29(22(33(37,38)39)14-23(34)30(21)26)17-10-24(35)31(25(36)11-17)45-16-32(41)6-8-43-9-7-32/h2-3,10-11,13-14,18,26,41H,4-9,12,15-16H2,1H3. The maximum Gasteiger partial charge on any atom is 0.417 e. The Bertz CT molecular complexity index is 1630. The van der Waals surface area contributed by atoms with Crippen LogP contribution in [-0.2, 0) is 26.9 Å². The summed E-state index contributed by atoms with van der Waals surface area (Å²) in [4.78, 5) is 11.7. The summed E-state index contributed by atoms with van der Waals surface area (Å²) in [5.74, 6) is -4.45. The molecule has 0 bridgehead atoms. The van der Waals surface area contributed by atoms with E-state index in [4.69, 9.17) is 23.7 Å². The minimum Gasteiger partial charge on any atom is -0.492 e. The number of alkyl halides is 3. The van der Waals surface area contributed by atoms with Gasteiger partial charge in [0.2, 0.25) is 0 Å². The second kappa shape index (κ2) is 12.3. The van der Waals surface area contributed by atoms with Crippen LogP contribution < -0.4 is 14.2 Å². The molecule has 6 rings (SSSR count). The molecule has 0 radical (unpaired) electrons. The van der Waals surface area contributed by atoms with E-state index in [-0.39, 0.29) is 74.7 Å². The Labute approximate surface area is 260 Å². The first kappa shape index (κ1) is 32.0. The average Bonchev–Trinajstić information content (AvgIpc) is 3.60. The van der Waals surface area contributed by atoms with Crippen LogP contribution in [0, 0.1) is 17.5 Å². The zero-order chi connectivity index (χ0) is 32.8. The van der Waals surface area contributed by atoms with E-state index >= 15 is 13.2 Å². The van der Waals surface area contributed by atoms with Crippen LogP contribution in [0.3, 0.4) is 0 Å². The molecule has 1 N–H and O–H groups in total. The molecular formula is C33H30F6O7. The number of hydrogen-bond acceptors (Lipinski definition) is 7. The third-order valence-corrected chi connectivity index (χ3v) is 8.69. The van der Waals surface area contributed by atoms with Crippen LogP contribution in [0.15, 0.2) is 36.4 Å². The molecule has 3 aliphatic rings. The zero-order valence-corrected chi connectivity index (χ0v) is 24.6. The third-order valence-electron chi connectivity index (χ3n) is 8.69. The van der Waals surface area contributed by atoms with Crippen LogP contribution in [0.5, 0.6) is 17.2 Å². The van der Waals surface area contributed by atoms with Crippen molar-refractivity contribution in [3.8, 4) is 28.4 Å². The number of benzene rings is 3. The minimum atomic E-state index is -5.04. The van der Waals surface area contributed by atoms with E-state index in [0.29, 0.717) is 23.9 Å². The SMILES string of the molecule is COC(=O)CC1COc2cc(OC3CCc4c(-c5cc(F)c(OCC6(O)CCOCC6)c(F)c5)c(C(F)(F)F)cc(F)c43)ccc21. The van der Waals surface area contributed by atoms with Crippen molar-refractivity contribution in [2.75, 3.05) is 33.5 Å². The average molecular weight is 653 g/mol. The number of fused-ring (bicyclic) bond motifs is 2. The minimum absolute atomic E-state index is 0.0601. The Kier molecular flexibility index (Phi) is 8.57. The van der Waals surface area contributed by atoms with Gasteiger partial charge in [-0.15, -0.1) is 0 Å². The van der Waals surface area contributed by atoms with E-state index in [1.165, 1.54) is 7.11 Å². The van der Waals surface area contributed by atoms with Gasteiger partial charge < -0.3 is 28.8 Å². The summed E-state index contributed by atoms with van der Waals surface area (Å²) in [7, 11) is 1.29.